The van der Waals surface area contributed by atoms with Crippen LogP contribution < -0.4 is 0 Å². The van der Waals surface area contributed by atoms with Gasteiger partial charge >= 0.3 is 0 Å². The Kier molecular flexibility index (Phi) is 3.73. The molecule has 0 atom stereocenters. The van der Waals surface area contributed by atoms with Crippen molar-refractivity contribution in [1.29, 1.82) is 0 Å². The van der Waals surface area contributed by atoms with Crippen molar-refractivity contribution in [2.75, 3.05) is 0 Å². The second-order valence-corrected chi connectivity index (χ2v) is 4.90. The van der Waals surface area contributed by atoms with Crippen molar-refractivity contribution >= 4 is 12.2 Å². The largest absolute Gasteiger partial charge is 0.337 e. The van der Waals surface area contributed by atoms with Crippen LogP contribution in [0.2, 0.25) is 0 Å². The number of aryl methyl sites for hydroxylation is 1. The molecule has 0 saturated carbocycles. The first kappa shape index (κ1) is 12.8. The van der Waals surface area contributed by atoms with Crippen molar-refractivity contribution in [2.45, 2.75) is 19.5 Å². The predicted molar refractivity (Wildman–Crippen MR) is 79.7 cm³/mol. The molecule has 0 unspecified atom stereocenters. The van der Waals surface area contributed by atoms with E-state index in [1.54, 1.807) is 6.20 Å². The van der Waals surface area contributed by atoms with Gasteiger partial charge in [0.1, 0.15) is 0 Å². The van der Waals surface area contributed by atoms with E-state index in [2.05, 4.69) is 32.0 Å². The van der Waals surface area contributed by atoms with Crippen molar-refractivity contribution in [1.82, 2.24) is 24.5 Å². The summed E-state index contributed by atoms with van der Waals surface area (Å²) in [6, 6.07) is 10.3. The third-order valence-corrected chi connectivity index (χ3v) is 3.52. The Morgan fingerprint density at radius 2 is 2.00 bits per heavy atom. The molecule has 2 aromatic heterocycles. The lowest BCUT2D eigenvalue weighted by atomic mass is 10.2. The fourth-order valence-electron chi connectivity index (χ4n) is 2.21. The first-order valence-corrected chi connectivity index (χ1v) is 6.93. The van der Waals surface area contributed by atoms with Crippen LogP contribution in [0, 0.1) is 4.77 Å². The summed E-state index contributed by atoms with van der Waals surface area (Å²) in [4.78, 5) is 3.12. The molecule has 20 heavy (non-hydrogen) atoms. The lowest BCUT2D eigenvalue weighted by Crippen LogP contribution is -2.06. The van der Waals surface area contributed by atoms with E-state index >= 15 is 0 Å². The van der Waals surface area contributed by atoms with Crippen LogP contribution in [-0.2, 0) is 13.1 Å². The Bertz CT molecular complexity index is 712. The minimum absolute atomic E-state index is 0.752. The maximum atomic E-state index is 5.36. The molecule has 0 amide bonds. The molecule has 1 N–H and O–H groups in total. The number of aromatic nitrogens is 5. The lowest BCUT2D eigenvalue weighted by molar-refractivity contribution is 0.514. The van der Waals surface area contributed by atoms with E-state index in [-0.39, 0.29) is 0 Å². The van der Waals surface area contributed by atoms with Crippen molar-refractivity contribution in [2.24, 2.45) is 0 Å². The van der Waals surface area contributed by atoms with Crippen molar-refractivity contribution in [3.8, 4) is 11.3 Å². The van der Waals surface area contributed by atoms with Gasteiger partial charge in [0, 0.05) is 25.5 Å². The molecule has 0 bridgehead atoms. The van der Waals surface area contributed by atoms with Crippen LogP contribution >= 0.6 is 12.2 Å². The number of nitrogens with one attached hydrogen (secondary N) is 1. The smallest absolute Gasteiger partial charge is 0.177 e. The van der Waals surface area contributed by atoms with E-state index in [1.165, 1.54) is 5.56 Å². The topological polar surface area (TPSA) is 51.4 Å². The highest BCUT2D eigenvalue weighted by molar-refractivity contribution is 7.71. The SMILES string of the molecule is S=c1[nH]cc(-c2ccccc2)n1CCCn1ccnn1. The first-order chi connectivity index (χ1) is 9.84. The highest BCUT2D eigenvalue weighted by Gasteiger charge is 2.06. The zero-order valence-electron chi connectivity index (χ0n) is 10.9. The van der Waals surface area contributed by atoms with Crippen LogP contribution in [0.4, 0.5) is 0 Å². The number of rotatable bonds is 5. The molecular weight excluding hydrogens is 270 g/mol. The fourth-order valence-corrected chi connectivity index (χ4v) is 2.46. The molecule has 3 aromatic rings. The van der Waals surface area contributed by atoms with Gasteiger partial charge in [-0.25, -0.2) is 0 Å². The average Bonchev–Trinajstić information content (AvgIpc) is 3.11. The van der Waals surface area contributed by atoms with Crippen LogP contribution in [0.15, 0.2) is 48.9 Å². The molecule has 0 aliphatic carbocycles. The van der Waals surface area contributed by atoms with Crippen LogP contribution in [0.3, 0.4) is 0 Å². The standard InChI is InChI=1S/C14H15N5S/c20-14-15-11-13(12-5-2-1-3-6-12)19(14)9-4-8-18-10-7-16-17-18/h1-3,5-7,10-11H,4,8-9H2,(H,15,20). The minimum Gasteiger partial charge on any atom is -0.337 e. The number of hydrogen-bond acceptors (Lipinski definition) is 3. The van der Waals surface area contributed by atoms with Crippen molar-refractivity contribution in [3.63, 3.8) is 0 Å². The first-order valence-electron chi connectivity index (χ1n) is 6.52. The Hall–Kier alpha value is -2.21. The van der Waals surface area contributed by atoms with Crippen LogP contribution in [-0.4, -0.2) is 24.5 Å². The summed E-state index contributed by atoms with van der Waals surface area (Å²) in [5, 5.41) is 7.76. The second-order valence-electron chi connectivity index (χ2n) is 4.52. The van der Waals surface area contributed by atoms with E-state index in [1.807, 2.05) is 35.3 Å². The van der Waals surface area contributed by atoms with Crippen LogP contribution in [0.5, 0.6) is 0 Å². The van der Waals surface area contributed by atoms with Gasteiger partial charge in [0.05, 0.1) is 11.9 Å². The van der Waals surface area contributed by atoms with Gasteiger partial charge in [-0.2, -0.15) is 0 Å². The average molecular weight is 285 g/mol. The van der Waals surface area contributed by atoms with E-state index in [0.717, 1.165) is 30.0 Å². The predicted octanol–water partition coefficient (Wildman–Crippen LogP) is 2.89. The van der Waals surface area contributed by atoms with Gasteiger partial charge in [-0.3, -0.25) is 4.68 Å². The second kappa shape index (κ2) is 5.83. The summed E-state index contributed by atoms with van der Waals surface area (Å²) in [7, 11) is 0. The highest BCUT2D eigenvalue weighted by atomic mass is 32.1. The molecule has 2 heterocycles. The van der Waals surface area contributed by atoms with E-state index in [4.69, 9.17) is 12.2 Å². The Labute approximate surface area is 121 Å². The Morgan fingerprint density at radius 3 is 2.75 bits per heavy atom. The van der Waals surface area contributed by atoms with Crippen LogP contribution in [0.25, 0.3) is 11.3 Å². The normalized spacial score (nSPS) is 10.8. The number of aromatic amines is 1. The third-order valence-electron chi connectivity index (χ3n) is 3.18. The Balaban J connectivity index is 1.76. The summed E-state index contributed by atoms with van der Waals surface area (Å²) in [6.45, 7) is 1.69. The number of hydrogen-bond donors (Lipinski definition) is 1. The van der Waals surface area contributed by atoms with E-state index < -0.39 is 0 Å². The maximum Gasteiger partial charge on any atom is 0.177 e. The summed E-state index contributed by atoms with van der Waals surface area (Å²) in [6.07, 6.45) is 6.48. The number of nitrogens with zero attached hydrogens (tertiary/aromatic N) is 4. The summed E-state index contributed by atoms with van der Waals surface area (Å²) in [5.74, 6) is 0. The third kappa shape index (κ3) is 2.70. The minimum atomic E-state index is 0.752. The van der Waals surface area contributed by atoms with Crippen molar-refractivity contribution in [3.05, 3.63) is 53.7 Å². The summed E-state index contributed by atoms with van der Waals surface area (Å²) < 4.78 is 4.71. The molecule has 1 aromatic carbocycles. The van der Waals surface area contributed by atoms with Crippen molar-refractivity contribution < 1.29 is 0 Å². The van der Waals surface area contributed by atoms with Gasteiger partial charge in [-0.1, -0.05) is 35.5 Å². The number of H-pyrrole nitrogens is 1. The molecule has 0 spiro atoms. The molecule has 5 nitrogen and oxygen atoms in total. The van der Waals surface area contributed by atoms with Gasteiger partial charge in [0.15, 0.2) is 4.77 Å². The molecule has 0 aliphatic heterocycles. The Morgan fingerprint density at radius 1 is 1.15 bits per heavy atom. The summed E-state index contributed by atoms with van der Waals surface area (Å²) in [5.41, 5.74) is 2.29. The molecular formula is C14H15N5S. The molecule has 0 aliphatic rings. The monoisotopic (exact) mass is 285 g/mol. The maximum absolute atomic E-state index is 5.36. The van der Waals surface area contributed by atoms with Gasteiger partial charge in [0.25, 0.3) is 0 Å². The van der Waals surface area contributed by atoms with E-state index in [0.29, 0.717) is 0 Å². The molecule has 0 saturated heterocycles. The molecule has 3 rings (SSSR count). The lowest BCUT2D eigenvalue weighted by Gasteiger charge is -2.08. The molecule has 0 radical (unpaired) electrons. The molecule has 0 fully saturated rings. The van der Waals surface area contributed by atoms with Gasteiger partial charge in [-0.15, -0.1) is 5.10 Å². The molecule has 102 valence electrons. The van der Waals surface area contributed by atoms with Gasteiger partial charge in [0.2, 0.25) is 0 Å². The summed E-state index contributed by atoms with van der Waals surface area (Å²) >= 11 is 5.36. The molecule has 6 heteroatoms. The highest BCUT2D eigenvalue weighted by Crippen LogP contribution is 2.19. The van der Waals surface area contributed by atoms with E-state index in [9.17, 15) is 0 Å². The number of imidazole rings is 1. The fraction of sp³-hybridized carbons (Fsp3) is 0.214. The van der Waals surface area contributed by atoms with Crippen LogP contribution in [0.1, 0.15) is 6.42 Å². The zero-order chi connectivity index (χ0) is 13.8. The quantitative estimate of drug-likeness (QED) is 0.733. The van der Waals surface area contributed by atoms with Gasteiger partial charge < -0.3 is 9.55 Å². The zero-order valence-corrected chi connectivity index (χ0v) is 11.8. The number of benzene rings is 1. The van der Waals surface area contributed by atoms with Gasteiger partial charge in [-0.05, 0) is 24.2 Å².